The van der Waals surface area contributed by atoms with E-state index in [0.29, 0.717) is 23.3 Å². The van der Waals surface area contributed by atoms with Crippen molar-refractivity contribution in [2.24, 2.45) is 0 Å². The average molecular weight is 566 g/mol. The third-order valence-electron chi connectivity index (χ3n) is 7.46. The summed E-state index contributed by atoms with van der Waals surface area (Å²) >= 11 is 0. The summed E-state index contributed by atoms with van der Waals surface area (Å²) in [6, 6.07) is 13.6. The Balaban J connectivity index is 1.68. The molecule has 1 atom stereocenters. The Bertz CT molecular complexity index is 1930. The number of pyridine rings is 1. The van der Waals surface area contributed by atoms with E-state index in [1.165, 1.54) is 13.3 Å². The fraction of sp³-hybridized carbons (Fsp3) is 0.273. The molecule has 1 aliphatic rings. The number of benzene rings is 3. The topological polar surface area (TPSA) is 124 Å². The van der Waals surface area contributed by atoms with Crippen molar-refractivity contribution < 1.29 is 24.1 Å². The maximum Gasteiger partial charge on any atom is 0.337 e. The molecule has 6 rings (SSSR count). The highest BCUT2D eigenvalue weighted by atomic mass is 16.5. The average Bonchev–Trinajstić information content (AvgIpc) is 2.95. The second kappa shape index (κ2) is 10.3. The highest BCUT2D eigenvalue weighted by Crippen LogP contribution is 2.45. The maximum absolute atomic E-state index is 12.8. The van der Waals surface area contributed by atoms with Crippen molar-refractivity contribution in [3.05, 3.63) is 81.9 Å². The molecular formula is C33H31N3O6. The SMILES string of the molecule is COc1ncc(-c2ccc3c(-c4ccc5c6c(ccnc46)CCO5)c(C(OC(C)(C)C)C(=O)O)c(C)cc3c2)c(=O)[nH]1. The number of aromatic nitrogens is 3. The van der Waals surface area contributed by atoms with Gasteiger partial charge in [-0.05, 0) is 85.0 Å². The van der Waals surface area contributed by atoms with E-state index in [0.717, 1.165) is 56.1 Å². The van der Waals surface area contributed by atoms with Crippen LogP contribution < -0.4 is 15.0 Å². The van der Waals surface area contributed by atoms with E-state index in [1.54, 1.807) is 6.20 Å². The predicted octanol–water partition coefficient (Wildman–Crippen LogP) is 6.00. The Morgan fingerprint density at radius 2 is 1.90 bits per heavy atom. The van der Waals surface area contributed by atoms with Gasteiger partial charge in [0.2, 0.25) is 0 Å². The molecule has 5 aromatic rings. The minimum atomic E-state index is -1.24. The van der Waals surface area contributed by atoms with Gasteiger partial charge < -0.3 is 19.3 Å². The second-order valence-electron chi connectivity index (χ2n) is 11.4. The number of aromatic amines is 1. The quantitative estimate of drug-likeness (QED) is 0.257. The third kappa shape index (κ3) is 4.75. The Labute approximate surface area is 242 Å². The molecule has 1 unspecified atom stereocenters. The van der Waals surface area contributed by atoms with E-state index in [9.17, 15) is 14.7 Å². The summed E-state index contributed by atoms with van der Waals surface area (Å²) < 4.78 is 17.2. The van der Waals surface area contributed by atoms with Gasteiger partial charge in [-0.2, -0.15) is 0 Å². The highest BCUT2D eigenvalue weighted by molar-refractivity contribution is 6.09. The standard InChI is InChI=1S/C33H31N3O6/c1-17-14-20-15-19(23-16-35-32(40-5)36-30(23)37)6-7-21(20)27(25(17)29(31(38)39)42-33(2,3)4)22-8-9-24-26-18(11-13-41-24)10-12-34-28(22)26/h6-10,12,14-16,29H,11,13H2,1-5H3,(H,38,39)(H,35,36,37). The van der Waals surface area contributed by atoms with Crippen LogP contribution in [0.5, 0.6) is 11.8 Å². The minimum absolute atomic E-state index is 0.130. The van der Waals surface area contributed by atoms with Gasteiger partial charge in [0, 0.05) is 35.3 Å². The van der Waals surface area contributed by atoms with Crippen molar-refractivity contribution in [1.82, 2.24) is 15.0 Å². The van der Waals surface area contributed by atoms with Crippen molar-refractivity contribution in [2.45, 2.75) is 45.8 Å². The first-order valence-electron chi connectivity index (χ1n) is 13.7. The van der Waals surface area contributed by atoms with E-state index in [2.05, 4.69) is 9.97 Å². The van der Waals surface area contributed by atoms with Gasteiger partial charge >= 0.3 is 5.97 Å². The molecule has 0 fully saturated rings. The number of carboxylic acids is 1. The number of carboxylic acid groups (broad SMARTS) is 1. The number of ether oxygens (including phenoxy) is 3. The Morgan fingerprint density at radius 1 is 1.10 bits per heavy atom. The Kier molecular flexibility index (Phi) is 6.69. The van der Waals surface area contributed by atoms with E-state index in [4.69, 9.17) is 19.2 Å². The number of methoxy groups -OCH3 is 1. The summed E-state index contributed by atoms with van der Waals surface area (Å²) in [4.78, 5) is 37.2. The van der Waals surface area contributed by atoms with Crippen LogP contribution in [0.1, 0.15) is 43.6 Å². The zero-order valence-corrected chi connectivity index (χ0v) is 24.1. The van der Waals surface area contributed by atoms with Crippen LogP contribution in [0.4, 0.5) is 0 Å². The summed E-state index contributed by atoms with van der Waals surface area (Å²) in [5, 5.41) is 13.0. The lowest BCUT2D eigenvalue weighted by Crippen LogP contribution is -2.28. The molecule has 0 radical (unpaired) electrons. The molecule has 42 heavy (non-hydrogen) atoms. The molecule has 2 N–H and O–H groups in total. The van der Waals surface area contributed by atoms with Crippen LogP contribution in [0.25, 0.3) is 43.9 Å². The van der Waals surface area contributed by atoms with E-state index >= 15 is 0 Å². The molecule has 0 bridgehead atoms. The molecule has 0 aliphatic carbocycles. The van der Waals surface area contributed by atoms with Crippen molar-refractivity contribution in [1.29, 1.82) is 0 Å². The first-order chi connectivity index (χ1) is 20.1. The molecule has 3 aromatic carbocycles. The fourth-order valence-electron chi connectivity index (χ4n) is 5.74. The van der Waals surface area contributed by atoms with Crippen LogP contribution in [-0.2, 0) is 16.0 Å². The van der Waals surface area contributed by atoms with Gasteiger partial charge in [-0.15, -0.1) is 0 Å². The van der Waals surface area contributed by atoms with Gasteiger partial charge in [-0.25, -0.2) is 9.78 Å². The van der Waals surface area contributed by atoms with E-state index in [1.807, 2.05) is 70.2 Å². The maximum atomic E-state index is 12.8. The molecule has 1 aliphatic heterocycles. The number of hydrogen-bond acceptors (Lipinski definition) is 7. The monoisotopic (exact) mass is 565 g/mol. The fourth-order valence-corrected chi connectivity index (χ4v) is 5.74. The van der Waals surface area contributed by atoms with Crippen molar-refractivity contribution in [3.63, 3.8) is 0 Å². The lowest BCUT2D eigenvalue weighted by atomic mass is 9.85. The number of hydrogen-bond donors (Lipinski definition) is 2. The first kappa shape index (κ1) is 27.4. The number of nitrogens with one attached hydrogen (secondary N) is 1. The van der Waals surface area contributed by atoms with Crippen LogP contribution >= 0.6 is 0 Å². The van der Waals surface area contributed by atoms with Crippen LogP contribution in [0.2, 0.25) is 0 Å². The molecular weight excluding hydrogens is 534 g/mol. The van der Waals surface area contributed by atoms with Gasteiger partial charge in [-0.3, -0.25) is 14.8 Å². The number of aryl methyl sites for hydroxylation is 1. The van der Waals surface area contributed by atoms with Crippen molar-refractivity contribution in [3.8, 4) is 34.0 Å². The molecule has 0 amide bonds. The molecule has 2 aromatic heterocycles. The van der Waals surface area contributed by atoms with Crippen LogP contribution in [-0.4, -0.2) is 45.3 Å². The first-order valence-corrected chi connectivity index (χ1v) is 13.7. The molecule has 0 saturated heterocycles. The van der Waals surface area contributed by atoms with Gasteiger partial charge in [0.1, 0.15) is 5.75 Å². The Hall–Kier alpha value is -4.76. The zero-order valence-electron chi connectivity index (χ0n) is 24.1. The molecule has 9 nitrogen and oxygen atoms in total. The van der Waals surface area contributed by atoms with E-state index in [-0.39, 0.29) is 11.6 Å². The summed E-state index contributed by atoms with van der Waals surface area (Å²) in [5.74, 6) is -0.323. The van der Waals surface area contributed by atoms with Gasteiger partial charge in [0.25, 0.3) is 11.6 Å². The number of aliphatic carboxylic acids is 1. The number of rotatable bonds is 6. The number of nitrogens with zero attached hydrogens (tertiary/aromatic N) is 2. The molecule has 214 valence electrons. The summed E-state index contributed by atoms with van der Waals surface area (Å²) in [5.41, 5.74) is 4.68. The van der Waals surface area contributed by atoms with Gasteiger partial charge in [0.05, 0.1) is 30.4 Å². The lowest BCUT2D eigenvalue weighted by Gasteiger charge is -2.29. The third-order valence-corrected chi connectivity index (χ3v) is 7.46. The summed E-state index contributed by atoms with van der Waals surface area (Å²) in [7, 11) is 1.44. The smallest absolute Gasteiger partial charge is 0.337 e. The molecule has 9 heteroatoms. The number of H-pyrrole nitrogens is 1. The lowest BCUT2D eigenvalue weighted by molar-refractivity contribution is -0.160. The van der Waals surface area contributed by atoms with Crippen molar-refractivity contribution >= 4 is 27.6 Å². The molecule has 0 saturated carbocycles. The van der Waals surface area contributed by atoms with Crippen LogP contribution in [0.3, 0.4) is 0 Å². The van der Waals surface area contributed by atoms with Gasteiger partial charge in [0.15, 0.2) is 6.10 Å². The van der Waals surface area contributed by atoms with Crippen LogP contribution in [0, 0.1) is 6.92 Å². The molecule has 0 spiro atoms. The van der Waals surface area contributed by atoms with Gasteiger partial charge in [-0.1, -0.05) is 18.2 Å². The zero-order chi connectivity index (χ0) is 29.8. The summed E-state index contributed by atoms with van der Waals surface area (Å²) in [6.07, 6.45) is 2.79. The minimum Gasteiger partial charge on any atom is -0.493 e. The molecule has 3 heterocycles. The van der Waals surface area contributed by atoms with Crippen LogP contribution in [0.15, 0.2) is 59.7 Å². The van der Waals surface area contributed by atoms with E-state index < -0.39 is 17.7 Å². The normalized spacial score (nSPS) is 13.6. The Morgan fingerprint density at radius 3 is 2.62 bits per heavy atom. The highest BCUT2D eigenvalue weighted by Gasteiger charge is 2.32. The second-order valence-corrected chi connectivity index (χ2v) is 11.4. The number of fused-ring (bicyclic) bond motifs is 1. The number of carbonyl (C=O) groups is 1. The predicted molar refractivity (Wildman–Crippen MR) is 160 cm³/mol. The largest absolute Gasteiger partial charge is 0.493 e. The van der Waals surface area contributed by atoms with Crippen molar-refractivity contribution in [2.75, 3.05) is 13.7 Å². The summed E-state index contributed by atoms with van der Waals surface area (Å²) in [6.45, 7) is 8.00.